The van der Waals surface area contributed by atoms with Crippen molar-refractivity contribution in [1.82, 2.24) is 19.5 Å². The van der Waals surface area contributed by atoms with Gasteiger partial charge in [-0.1, -0.05) is 12.1 Å². The van der Waals surface area contributed by atoms with Crippen molar-refractivity contribution in [3.8, 4) is 5.75 Å². The summed E-state index contributed by atoms with van der Waals surface area (Å²) in [7, 11) is 2.44. The summed E-state index contributed by atoms with van der Waals surface area (Å²) in [5.74, 6) is -3.18. The van der Waals surface area contributed by atoms with Crippen molar-refractivity contribution < 1.29 is 32.6 Å². The van der Waals surface area contributed by atoms with E-state index in [1.807, 2.05) is 0 Å². The highest BCUT2D eigenvalue weighted by atomic mass is 19.1. The Balaban J connectivity index is 1.55. The highest BCUT2D eigenvalue weighted by Crippen LogP contribution is 2.32. The van der Waals surface area contributed by atoms with Gasteiger partial charge >= 0.3 is 11.8 Å². The van der Waals surface area contributed by atoms with E-state index in [2.05, 4.69) is 14.8 Å². The summed E-state index contributed by atoms with van der Waals surface area (Å²) < 4.78 is 39.3. The number of fused-ring (bicyclic) bond motifs is 1. The Kier molecular flexibility index (Phi) is 6.27. The first-order chi connectivity index (χ1) is 16.2. The van der Waals surface area contributed by atoms with Gasteiger partial charge in [0, 0.05) is 25.6 Å². The Morgan fingerprint density at radius 1 is 1.12 bits per heavy atom. The molecule has 3 aromatic rings. The molecular weight excluding hydrogens is 450 g/mol. The summed E-state index contributed by atoms with van der Waals surface area (Å²) >= 11 is 0. The number of nitrogens with zero attached hydrogens (tertiary/aromatic N) is 4. The van der Waals surface area contributed by atoms with Crippen LogP contribution in [0.4, 0.5) is 8.78 Å². The Hall–Kier alpha value is -3.89. The number of carbonyl (C=O) groups excluding carboxylic acids is 3. The van der Waals surface area contributed by atoms with Crippen molar-refractivity contribution in [2.45, 2.75) is 24.9 Å². The molecule has 0 aliphatic carbocycles. The Morgan fingerprint density at radius 3 is 2.41 bits per heavy atom. The maximum Gasteiger partial charge on any atom is 0.382 e. The lowest BCUT2D eigenvalue weighted by Gasteiger charge is -2.36. The van der Waals surface area contributed by atoms with Gasteiger partial charge in [0.1, 0.15) is 11.5 Å². The number of hydrogen-bond donors (Lipinski definition) is 0. The zero-order valence-corrected chi connectivity index (χ0v) is 18.6. The average molecular weight is 472 g/mol. The van der Waals surface area contributed by atoms with Gasteiger partial charge in [-0.05, 0) is 30.5 Å². The molecule has 9 nitrogen and oxygen atoms in total. The Labute approximate surface area is 193 Å². The summed E-state index contributed by atoms with van der Waals surface area (Å²) in [5.41, 5.74) is -0.612. The van der Waals surface area contributed by atoms with E-state index in [4.69, 9.17) is 4.74 Å². The first-order valence-corrected chi connectivity index (χ1v) is 10.5. The smallest absolute Gasteiger partial charge is 0.382 e. The number of amides is 1. The topological polar surface area (TPSA) is 103 Å². The van der Waals surface area contributed by atoms with Crippen molar-refractivity contribution in [2.24, 2.45) is 0 Å². The SMILES string of the molecule is COC(=O)C(=O)c1ncc2cc(OC)c(C(=O)N3CCC(F)(Cc4ccc(F)cc4)CC3)nn12. The van der Waals surface area contributed by atoms with Crippen molar-refractivity contribution in [3.63, 3.8) is 0 Å². The van der Waals surface area contributed by atoms with Crippen LogP contribution in [-0.2, 0) is 16.0 Å². The quantitative estimate of drug-likeness (QED) is 0.308. The number of aromatic nitrogens is 3. The number of methoxy groups -OCH3 is 2. The van der Waals surface area contributed by atoms with Gasteiger partial charge in [-0.25, -0.2) is 23.1 Å². The predicted molar refractivity (Wildman–Crippen MR) is 115 cm³/mol. The van der Waals surface area contributed by atoms with Gasteiger partial charge in [-0.2, -0.15) is 5.10 Å². The van der Waals surface area contributed by atoms with Crippen molar-refractivity contribution in [3.05, 3.63) is 59.4 Å². The second kappa shape index (κ2) is 9.16. The molecule has 1 aliphatic rings. The summed E-state index contributed by atoms with van der Waals surface area (Å²) in [6, 6.07) is 7.16. The molecule has 0 spiro atoms. The number of rotatable bonds is 6. The molecule has 0 atom stereocenters. The molecule has 3 heterocycles. The van der Waals surface area contributed by atoms with Crippen LogP contribution in [0.1, 0.15) is 39.5 Å². The highest BCUT2D eigenvalue weighted by molar-refractivity contribution is 6.39. The number of benzene rings is 1. The molecule has 11 heteroatoms. The molecule has 0 radical (unpaired) electrons. The third-order valence-electron chi connectivity index (χ3n) is 5.85. The minimum atomic E-state index is -1.53. The van der Waals surface area contributed by atoms with Gasteiger partial charge in [0.15, 0.2) is 11.4 Å². The van der Waals surface area contributed by atoms with Crippen LogP contribution in [0.15, 0.2) is 36.5 Å². The minimum Gasteiger partial charge on any atom is -0.494 e. The molecule has 1 aliphatic heterocycles. The fourth-order valence-corrected chi connectivity index (χ4v) is 3.96. The number of halogens is 2. The number of likely N-dealkylation sites (tertiary alicyclic amines) is 1. The molecular formula is C23H22F2N4O5. The van der Waals surface area contributed by atoms with E-state index in [1.54, 1.807) is 12.1 Å². The van der Waals surface area contributed by atoms with Crippen LogP contribution in [0.2, 0.25) is 0 Å². The highest BCUT2D eigenvalue weighted by Gasteiger charge is 2.37. The van der Waals surface area contributed by atoms with E-state index in [1.165, 1.54) is 36.4 Å². The average Bonchev–Trinajstić information content (AvgIpc) is 3.26. The van der Waals surface area contributed by atoms with E-state index in [9.17, 15) is 18.8 Å². The number of imidazole rings is 1. The monoisotopic (exact) mass is 472 g/mol. The molecule has 1 amide bonds. The number of alkyl halides is 1. The third kappa shape index (κ3) is 4.45. The number of ether oxygens (including phenoxy) is 2. The maximum atomic E-state index is 15.4. The molecule has 1 fully saturated rings. The van der Waals surface area contributed by atoms with Gasteiger partial charge in [0.2, 0.25) is 5.82 Å². The van der Waals surface area contributed by atoms with Crippen LogP contribution >= 0.6 is 0 Å². The van der Waals surface area contributed by atoms with Crippen molar-refractivity contribution in [2.75, 3.05) is 27.3 Å². The van der Waals surface area contributed by atoms with Gasteiger partial charge in [-0.15, -0.1) is 0 Å². The lowest BCUT2D eigenvalue weighted by Crippen LogP contribution is -2.46. The second-order valence-electron chi connectivity index (χ2n) is 8.05. The summed E-state index contributed by atoms with van der Waals surface area (Å²) in [6.07, 6.45) is 1.63. The zero-order valence-electron chi connectivity index (χ0n) is 18.6. The first-order valence-electron chi connectivity index (χ1n) is 10.5. The van der Waals surface area contributed by atoms with Crippen LogP contribution in [0.25, 0.3) is 5.52 Å². The van der Waals surface area contributed by atoms with E-state index in [0.29, 0.717) is 11.1 Å². The van der Waals surface area contributed by atoms with E-state index in [-0.39, 0.29) is 55.4 Å². The summed E-state index contributed by atoms with van der Waals surface area (Å²) in [5, 5.41) is 4.21. The van der Waals surface area contributed by atoms with Crippen molar-refractivity contribution in [1.29, 1.82) is 0 Å². The second-order valence-corrected chi connectivity index (χ2v) is 8.05. The van der Waals surface area contributed by atoms with Crippen LogP contribution in [0.5, 0.6) is 5.75 Å². The van der Waals surface area contributed by atoms with Crippen LogP contribution in [-0.4, -0.2) is 70.1 Å². The van der Waals surface area contributed by atoms with Gasteiger partial charge in [0.25, 0.3) is 5.91 Å². The van der Waals surface area contributed by atoms with E-state index >= 15 is 4.39 Å². The lowest BCUT2D eigenvalue weighted by molar-refractivity contribution is -0.135. The first kappa shape index (κ1) is 23.3. The van der Waals surface area contributed by atoms with E-state index in [0.717, 1.165) is 11.6 Å². The molecule has 0 saturated carbocycles. The maximum absolute atomic E-state index is 15.4. The molecule has 34 heavy (non-hydrogen) atoms. The summed E-state index contributed by atoms with van der Waals surface area (Å²) in [4.78, 5) is 42.5. The van der Waals surface area contributed by atoms with Crippen molar-refractivity contribution >= 4 is 23.2 Å². The molecule has 0 unspecified atom stereocenters. The Bertz CT molecular complexity index is 1250. The van der Waals surface area contributed by atoms with E-state index < -0.39 is 23.3 Å². The van der Waals surface area contributed by atoms with Crippen LogP contribution in [0, 0.1) is 5.82 Å². The van der Waals surface area contributed by atoms with Crippen LogP contribution in [0.3, 0.4) is 0 Å². The molecule has 0 N–H and O–H groups in total. The van der Waals surface area contributed by atoms with Gasteiger partial charge in [0.05, 0.1) is 25.9 Å². The Morgan fingerprint density at radius 2 is 1.79 bits per heavy atom. The predicted octanol–water partition coefficient (Wildman–Crippen LogP) is 2.42. The number of hydrogen-bond acceptors (Lipinski definition) is 7. The standard InChI is InChI=1S/C23H22F2N4O5/c1-33-17-11-16-13-26-20(19(30)22(32)34-2)29(16)27-18(17)21(31)28-9-7-23(25,8-10-28)12-14-3-5-15(24)6-4-14/h3-6,11,13H,7-10,12H2,1-2H3. The molecule has 2 aromatic heterocycles. The number of piperidine rings is 1. The molecule has 4 rings (SSSR count). The fourth-order valence-electron chi connectivity index (χ4n) is 3.96. The summed E-state index contributed by atoms with van der Waals surface area (Å²) in [6.45, 7) is 0.272. The number of carbonyl (C=O) groups is 3. The van der Waals surface area contributed by atoms with Gasteiger partial charge in [-0.3, -0.25) is 9.59 Å². The minimum absolute atomic E-state index is 0.0951. The number of ketones is 1. The largest absolute Gasteiger partial charge is 0.494 e. The molecule has 0 bridgehead atoms. The normalized spacial score (nSPS) is 15.2. The number of Topliss-reactive ketones (excluding diaryl/α,β-unsaturated/α-hetero) is 1. The third-order valence-corrected chi connectivity index (χ3v) is 5.85. The molecule has 1 saturated heterocycles. The molecule has 178 valence electrons. The fraction of sp³-hybridized carbons (Fsp3) is 0.348. The zero-order chi connectivity index (χ0) is 24.5. The molecule has 1 aromatic carbocycles. The van der Waals surface area contributed by atoms with Crippen LogP contribution < -0.4 is 4.74 Å². The van der Waals surface area contributed by atoms with Gasteiger partial charge < -0.3 is 14.4 Å². The lowest BCUT2D eigenvalue weighted by atomic mass is 9.87. The number of esters is 1.